The van der Waals surface area contributed by atoms with Crippen LogP contribution in [0.1, 0.15) is 41.7 Å². The normalized spacial score (nSPS) is 15.0. The highest BCUT2D eigenvalue weighted by Crippen LogP contribution is 2.52. The first-order valence-electron chi connectivity index (χ1n) is 8.05. The second-order valence-electron chi connectivity index (χ2n) is 7.34. The molecule has 3 aromatic rings. The van der Waals surface area contributed by atoms with Crippen molar-refractivity contribution in [2.45, 2.75) is 40.0 Å². The Morgan fingerprint density at radius 2 is 1.36 bits per heavy atom. The molecule has 0 spiro atoms. The van der Waals surface area contributed by atoms with Gasteiger partial charge in [0.25, 0.3) is 0 Å². The average Bonchev–Trinajstić information content (AvgIpc) is 2.68. The predicted octanol–water partition coefficient (Wildman–Crippen LogP) is 6.07. The van der Waals surface area contributed by atoms with Gasteiger partial charge in [-0.05, 0) is 59.4 Å². The Hall–Kier alpha value is -2.08. The van der Waals surface area contributed by atoms with E-state index in [1.165, 1.54) is 49.7 Å². The zero-order valence-electron chi connectivity index (χ0n) is 14.0. The number of aryl methyl sites for hydroxylation is 3. The van der Waals surface area contributed by atoms with E-state index < -0.39 is 0 Å². The largest absolute Gasteiger partial charge is 0.0587 e. The van der Waals surface area contributed by atoms with Gasteiger partial charge in [0.2, 0.25) is 0 Å². The molecular formula is C22H22. The number of benzene rings is 3. The minimum atomic E-state index is 0.0839. The van der Waals surface area contributed by atoms with E-state index in [-0.39, 0.29) is 5.41 Å². The summed E-state index contributed by atoms with van der Waals surface area (Å²) in [6.45, 7) is 11.3. The smallest absolute Gasteiger partial charge is 0.0159 e. The lowest BCUT2D eigenvalue weighted by Crippen LogP contribution is -2.15. The molecule has 110 valence electrons. The lowest BCUT2D eigenvalue weighted by Gasteiger charge is -2.22. The second kappa shape index (κ2) is 4.23. The van der Waals surface area contributed by atoms with Gasteiger partial charge in [-0.1, -0.05) is 67.4 Å². The predicted molar refractivity (Wildman–Crippen MR) is 95.7 cm³/mol. The van der Waals surface area contributed by atoms with E-state index in [1.807, 2.05) is 0 Å². The lowest BCUT2D eigenvalue weighted by atomic mass is 9.81. The second-order valence-corrected chi connectivity index (χ2v) is 7.34. The van der Waals surface area contributed by atoms with Crippen LogP contribution >= 0.6 is 0 Å². The molecule has 0 fully saturated rings. The zero-order chi connectivity index (χ0) is 15.6. The Balaban J connectivity index is 2.20. The molecule has 0 bridgehead atoms. The first kappa shape index (κ1) is 13.6. The third kappa shape index (κ3) is 1.64. The Morgan fingerprint density at radius 1 is 0.682 bits per heavy atom. The molecule has 1 aliphatic carbocycles. The van der Waals surface area contributed by atoms with Gasteiger partial charge in [0, 0.05) is 5.41 Å². The van der Waals surface area contributed by atoms with Crippen LogP contribution in [0.4, 0.5) is 0 Å². The summed E-state index contributed by atoms with van der Waals surface area (Å²) >= 11 is 0. The summed E-state index contributed by atoms with van der Waals surface area (Å²) < 4.78 is 0. The van der Waals surface area contributed by atoms with E-state index >= 15 is 0 Å². The molecular weight excluding hydrogens is 264 g/mol. The van der Waals surface area contributed by atoms with Gasteiger partial charge in [0.1, 0.15) is 0 Å². The molecule has 4 rings (SSSR count). The van der Waals surface area contributed by atoms with Crippen LogP contribution in [0.15, 0.2) is 42.5 Å². The van der Waals surface area contributed by atoms with Crippen molar-refractivity contribution in [2.24, 2.45) is 0 Å². The van der Waals surface area contributed by atoms with Crippen molar-refractivity contribution in [2.75, 3.05) is 0 Å². The summed E-state index contributed by atoms with van der Waals surface area (Å²) in [5.41, 5.74) is 9.95. The molecule has 0 atom stereocenters. The lowest BCUT2D eigenvalue weighted by molar-refractivity contribution is 0.659. The van der Waals surface area contributed by atoms with Gasteiger partial charge in [-0.25, -0.2) is 0 Å². The number of fused-ring (bicyclic) bond motifs is 5. The van der Waals surface area contributed by atoms with Crippen LogP contribution in [-0.4, -0.2) is 0 Å². The summed E-state index contributed by atoms with van der Waals surface area (Å²) in [7, 11) is 0. The van der Waals surface area contributed by atoms with E-state index in [1.54, 1.807) is 0 Å². The highest BCUT2D eigenvalue weighted by Gasteiger charge is 2.36. The third-order valence-electron chi connectivity index (χ3n) is 5.29. The van der Waals surface area contributed by atoms with Gasteiger partial charge in [-0.3, -0.25) is 0 Å². The van der Waals surface area contributed by atoms with Crippen molar-refractivity contribution in [3.8, 4) is 11.1 Å². The molecule has 0 unspecified atom stereocenters. The van der Waals surface area contributed by atoms with Crippen molar-refractivity contribution in [3.63, 3.8) is 0 Å². The summed E-state index contributed by atoms with van der Waals surface area (Å²) in [4.78, 5) is 0. The first-order chi connectivity index (χ1) is 10.4. The molecule has 0 heteroatoms. The van der Waals surface area contributed by atoms with Crippen molar-refractivity contribution in [3.05, 3.63) is 70.3 Å². The number of hydrogen-bond acceptors (Lipinski definition) is 0. The van der Waals surface area contributed by atoms with Crippen molar-refractivity contribution in [1.82, 2.24) is 0 Å². The van der Waals surface area contributed by atoms with E-state index in [0.29, 0.717) is 0 Å². The highest BCUT2D eigenvalue weighted by atomic mass is 14.4. The maximum absolute atomic E-state index is 2.41. The van der Waals surface area contributed by atoms with E-state index in [4.69, 9.17) is 0 Å². The molecule has 0 saturated heterocycles. The molecule has 0 N–H and O–H groups in total. The molecule has 0 aromatic heterocycles. The Bertz CT molecular complexity index is 926. The van der Waals surface area contributed by atoms with E-state index in [0.717, 1.165) is 0 Å². The molecule has 0 heterocycles. The Kier molecular flexibility index (Phi) is 2.61. The summed E-state index contributed by atoms with van der Waals surface area (Å²) in [6.07, 6.45) is 0. The van der Waals surface area contributed by atoms with Crippen LogP contribution in [0.3, 0.4) is 0 Å². The topological polar surface area (TPSA) is 0 Å². The van der Waals surface area contributed by atoms with Crippen molar-refractivity contribution < 1.29 is 0 Å². The fourth-order valence-electron chi connectivity index (χ4n) is 4.04. The minimum absolute atomic E-state index is 0.0839. The number of rotatable bonds is 0. The molecule has 0 amide bonds. The maximum Gasteiger partial charge on any atom is 0.0159 e. The molecule has 22 heavy (non-hydrogen) atoms. The molecule has 0 saturated carbocycles. The summed E-state index contributed by atoms with van der Waals surface area (Å²) in [5, 5.41) is 2.79. The van der Waals surface area contributed by atoms with Gasteiger partial charge in [-0.2, -0.15) is 0 Å². The van der Waals surface area contributed by atoms with Crippen LogP contribution in [-0.2, 0) is 5.41 Å². The van der Waals surface area contributed by atoms with E-state index in [2.05, 4.69) is 77.1 Å². The van der Waals surface area contributed by atoms with Crippen molar-refractivity contribution >= 4 is 10.8 Å². The standard InChI is InChI=1S/C22H22/c1-13-6-8-16-18(10-13)15(3)12-20-21(16)17-9-7-14(2)11-19(17)22(20,4)5/h6-12H,1-5H3. The van der Waals surface area contributed by atoms with Gasteiger partial charge >= 0.3 is 0 Å². The first-order valence-corrected chi connectivity index (χ1v) is 8.05. The molecule has 0 nitrogen and oxygen atoms in total. The fourth-order valence-corrected chi connectivity index (χ4v) is 4.04. The Labute approximate surface area is 132 Å². The van der Waals surface area contributed by atoms with Gasteiger partial charge in [0.15, 0.2) is 0 Å². The highest BCUT2D eigenvalue weighted by molar-refractivity contribution is 6.04. The van der Waals surface area contributed by atoms with Crippen molar-refractivity contribution in [1.29, 1.82) is 0 Å². The average molecular weight is 286 g/mol. The molecule has 0 aliphatic heterocycles. The van der Waals surface area contributed by atoms with Crippen LogP contribution < -0.4 is 0 Å². The SMILES string of the molecule is Cc1ccc2c(c1)C(C)(C)c1cc(C)c3cc(C)ccc3c1-2. The van der Waals surface area contributed by atoms with Gasteiger partial charge < -0.3 is 0 Å². The van der Waals surface area contributed by atoms with Crippen LogP contribution in [0.25, 0.3) is 21.9 Å². The zero-order valence-corrected chi connectivity index (χ0v) is 14.0. The number of hydrogen-bond donors (Lipinski definition) is 0. The molecule has 1 aliphatic rings. The van der Waals surface area contributed by atoms with Gasteiger partial charge in [-0.15, -0.1) is 0 Å². The van der Waals surface area contributed by atoms with Gasteiger partial charge in [0.05, 0.1) is 0 Å². The maximum atomic E-state index is 2.41. The van der Waals surface area contributed by atoms with Crippen LogP contribution in [0.5, 0.6) is 0 Å². The van der Waals surface area contributed by atoms with Crippen LogP contribution in [0, 0.1) is 20.8 Å². The molecule has 3 aromatic carbocycles. The summed E-state index contributed by atoms with van der Waals surface area (Å²) in [6, 6.07) is 16.2. The third-order valence-corrected chi connectivity index (χ3v) is 5.29. The molecule has 0 radical (unpaired) electrons. The van der Waals surface area contributed by atoms with Crippen LogP contribution in [0.2, 0.25) is 0 Å². The Morgan fingerprint density at radius 3 is 2.14 bits per heavy atom. The summed E-state index contributed by atoms with van der Waals surface area (Å²) in [5.74, 6) is 0. The quantitative estimate of drug-likeness (QED) is 0.470. The minimum Gasteiger partial charge on any atom is -0.0587 e. The fraction of sp³-hybridized carbons (Fsp3) is 0.273. The van der Waals surface area contributed by atoms with E-state index in [9.17, 15) is 0 Å². The monoisotopic (exact) mass is 286 g/mol.